The van der Waals surface area contributed by atoms with Crippen LogP contribution in [0.25, 0.3) is 0 Å². The van der Waals surface area contributed by atoms with E-state index in [9.17, 15) is 4.79 Å². The number of carbonyl (C=O) groups is 1. The number of thioether (sulfide) groups is 2. The van der Waals surface area contributed by atoms with E-state index in [1.54, 1.807) is 12.3 Å². The molecule has 3 nitrogen and oxygen atoms in total. The number of carbonyl (C=O) groups excluding carboxylic acids is 1. The molecule has 0 aromatic carbocycles. The topological polar surface area (TPSA) is 42.0 Å². The van der Waals surface area contributed by atoms with Gasteiger partial charge in [-0.2, -0.15) is 23.5 Å². The van der Waals surface area contributed by atoms with E-state index >= 15 is 0 Å². The Morgan fingerprint density at radius 2 is 2.47 bits per heavy atom. The Bertz CT molecular complexity index is 397. The Labute approximate surface area is 114 Å². The van der Waals surface area contributed by atoms with E-state index in [4.69, 9.17) is 11.6 Å². The summed E-state index contributed by atoms with van der Waals surface area (Å²) in [5.74, 6) is 3.34. The molecule has 0 aliphatic carbocycles. The number of rotatable bonds is 3. The SMILES string of the molecule is O=C(NCC1CSCCS1)c1cnccc1Cl. The van der Waals surface area contributed by atoms with Gasteiger partial charge in [0, 0.05) is 41.4 Å². The largest absolute Gasteiger partial charge is 0.351 e. The standard InChI is InChI=1S/C11H13ClN2OS2/c12-10-1-2-13-6-9(10)11(15)14-5-8-7-16-3-4-17-8/h1-2,6,8H,3-5,7H2,(H,14,15). The van der Waals surface area contributed by atoms with E-state index in [1.807, 2.05) is 23.5 Å². The van der Waals surface area contributed by atoms with E-state index in [0.717, 1.165) is 5.75 Å². The van der Waals surface area contributed by atoms with Gasteiger partial charge in [-0.05, 0) is 6.07 Å². The highest BCUT2D eigenvalue weighted by Gasteiger charge is 2.16. The number of halogens is 1. The Balaban J connectivity index is 1.87. The summed E-state index contributed by atoms with van der Waals surface area (Å²) in [6, 6.07) is 1.63. The third-order valence-corrected chi connectivity index (χ3v) is 5.56. The maximum Gasteiger partial charge on any atom is 0.254 e. The first kappa shape index (κ1) is 13.1. The fourth-order valence-electron chi connectivity index (χ4n) is 1.50. The fourth-order valence-corrected chi connectivity index (χ4v) is 4.30. The maximum atomic E-state index is 11.9. The molecule has 1 aromatic heterocycles. The van der Waals surface area contributed by atoms with Gasteiger partial charge >= 0.3 is 0 Å². The maximum absolute atomic E-state index is 11.9. The molecular formula is C11H13ClN2OS2. The fraction of sp³-hybridized carbons (Fsp3) is 0.455. The van der Waals surface area contributed by atoms with Crippen LogP contribution in [0, 0.1) is 0 Å². The summed E-state index contributed by atoms with van der Waals surface area (Å²) >= 11 is 9.79. The van der Waals surface area contributed by atoms with Gasteiger partial charge in [0.1, 0.15) is 0 Å². The zero-order valence-corrected chi connectivity index (χ0v) is 11.6. The number of pyridine rings is 1. The molecule has 1 aliphatic heterocycles. The van der Waals surface area contributed by atoms with Gasteiger partial charge in [0.05, 0.1) is 10.6 Å². The second kappa shape index (κ2) is 6.52. The lowest BCUT2D eigenvalue weighted by molar-refractivity contribution is 0.0954. The van der Waals surface area contributed by atoms with Crippen LogP contribution < -0.4 is 5.32 Å². The summed E-state index contributed by atoms with van der Waals surface area (Å²) in [7, 11) is 0. The van der Waals surface area contributed by atoms with Crippen molar-refractivity contribution in [2.45, 2.75) is 5.25 Å². The monoisotopic (exact) mass is 288 g/mol. The highest BCUT2D eigenvalue weighted by molar-refractivity contribution is 8.06. The van der Waals surface area contributed by atoms with Crippen molar-refractivity contribution in [3.63, 3.8) is 0 Å². The Hall–Kier alpha value is -0.390. The Kier molecular flexibility index (Phi) is 5.00. The molecule has 1 aromatic rings. The van der Waals surface area contributed by atoms with Crippen LogP contribution in [-0.4, -0.2) is 39.9 Å². The molecule has 1 fully saturated rings. The van der Waals surface area contributed by atoms with Gasteiger partial charge in [-0.1, -0.05) is 11.6 Å². The summed E-state index contributed by atoms with van der Waals surface area (Å²) in [5.41, 5.74) is 0.447. The number of hydrogen-bond acceptors (Lipinski definition) is 4. The molecule has 0 bridgehead atoms. The minimum Gasteiger partial charge on any atom is -0.351 e. The number of hydrogen-bond donors (Lipinski definition) is 1. The molecule has 0 radical (unpaired) electrons. The minimum absolute atomic E-state index is 0.140. The number of amides is 1. The van der Waals surface area contributed by atoms with Gasteiger partial charge < -0.3 is 5.32 Å². The molecule has 2 heterocycles. The molecular weight excluding hydrogens is 276 g/mol. The summed E-state index contributed by atoms with van der Waals surface area (Å²) in [4.78, 5) is 15.8. The zero-order chi connectivity index (χ0) is 12.1. The van der Waals surface area contributed by atoms with Crippen LogP contribution in [0.4, 0.5) is 0 Å². The van der Waals surface area contributed by atoms with E-state index < -0.39 is 0 Å². The molecule has 1 atom stereocenters. The van der Waals surface area contributed by atoms with Crippen LogP contribution in [0.2, 0.25) is 5.02 Å². The Morgan fingerprint density at radius 3 is 3.18 bits per heavy atom. The predicted octanol–water partition coefficient (Wildman–Crippen LogP) is 2.31. The van der Waals surface area contributed by atoms with Crippen LogP contribution in [0.15, 0.2) is 18.5 Å². The highest BCUT2D eigenvalue weighted by Crippen LogP contribution is 2.23. The van der Waals surface area contributed by atoms with Crippen LogP contribution in [0.5, 0.6) is 0 Å². The molecule has 2 rings (SSSR count). The first-order valence-corrected chi connectivity index (χ1v) is 7.92. The molecule has 1 aliphatic rings. The number of aromatic nitrogens is 1. The van der Waals surface area contributed by atoms with Crippen LogP contribution in [0.3, 0.4) is 0 Å². The third-order valence-electron chi connectivity index (χ3n) is 2.39. The smallest absolute Gasteiger partial charge is 0.254 e. The molecule has 0 spiro atoms. The van der Waals surface area contributed by atoms with Crippen molar-refractivity contribution in [2.24, 2.45) is 0 Å². The quantitative estimate of drug-likeness (QED) is 0.927. The van der Waals surface area contributed by atoms with Crippen molar-refractivity contribution in [2.75, 3.05) is 23.8 Å². The van der Waals surface area contributed by atoms with E-state index in [1.165, 1.54) is 17.7 Å². The van der Waals surface area contributed by atoms with Gasteiger partial charge in [0.25, 0.3) is 5.91 Å². The average molecular weight is 289 g/mol. The van der Waals surface area contributed by atoms with Crippen molar-refractivity contribution in [3.8, 4) is 0 Å². The van der Waals surface area contributed by atoms with Gasteiger partial charge in [0.15, 0.2) is 0 Å². The lowest BCUT2D eigenvalue weighted by Gasteiger charge is -2.21. The second-order valence-corrected chi connectivity index (χ2v) is 6.60. The molecule has 0 saturated carbocycles. The summed E-state index contributed by atoms with van der Waals surface area (Å²) in [6.45, 7) is 0.696. The lowest BCUT2D eigenvalue weighted by Crippen LogP contribution is -2.33. The molecule has 1 amide bonds. The second-order valence-electron chi connectivity index (χ2n) is 3.63. The first-order valence-electron chi connectivity index (χ1n) is 5.34. The molecule has 6 heteroatoms. The summed E-state index contributed by atoms with van der Waals surface area (Å²) in [5, 5.41) is 3.87. The first-order chi connectivity index (χ1) is 8.27. The Morgan fingerprint density at radius 1 is 1.59 bits per heavy atom. The van der Waals surface area contributed by atoms with Crippen molar-refractivity contribution >= 4 is 41.0 Å². The van der Waals surface area contributed by atoms with Gasteiger partial charge in [-0.3, -0.25) is 9.78 Å². The highest BCUT2D eigenvalue weighted by atomic mass is 35.5. The molecule has 92 valence electrons. The van der Waals surface area contributed by atoms with E-state index in [2.05, 4.69) is 10.3 Å². The van der Waals surface area contributed by atoms with Crippen molar-refractivity contribution in [1.82, 2.24) is 10.3 Å². The summed E-state index contributed by atoms with van der Waals surface area (Å²) in [6.07, 6.45) is 3.08. The lowest BCUT2D eigenvalue weighted by atomic mass is 10.2. The predicted molar refractivity (Wildman–Crippen MR) is 75.2 cm³/mol. The van der Waals surface area contributed by atoms with Crippen molar-refractivity contribution in [1.29, 1.82) is 0 Å². The molecule has 17 heavy (non-hydrogen) atoms. The van der Waals surface area contributed by atoms with Crippen LogP contribution in [0.1, 0.15) is 10.4 Å². The van der Waals surface area contributed by atoms with Gasteiger partial charge in [0.2, 0.25) is 0 Å². The third kappa shape index (κ3) is 3.79. The minimum atomic E-state index is -0.140. The summed E-state index contributed by atoms with van der Waals surface area (Å²) < 4.78 is 0. The van der Waals surface area contributed by atoms with Gasteiger partial charge in [-0.25, -0.2) is 0 Å². The average Bonchev–Trinajstić information content (AvgIpc) is 2.38. The van der Waals surface area contributed by atoms with E-state index in [-0.39, 0.29) is 5.91 Å². The van der Waals surface area contributed by atoms with Crippen molar-refractivity contribution in [3.05, 3.63) is 29.0 Å². The molecule has 1 unspecified atom stereocenters. The van der Waals surface area contributed by atoms with Gasteiger partial charge in [-0.15, -0.1) is 0 Å². The molecule has 1 saturated heterocycles. The number of nitrogens with one attached hydrogen (secondary N) is 1. The molecule has 1 N–H and O–H groups in total. The van der Waals surface area contributed by atoms with Crippen molar-refractivity contribution < 1.29 is 4.79 Å². The van der Waals surface area contributed by atoms with Crippen LogP contribution >= 0.6 is 35.1 Å². The normalized spacial score (nSPS) is 19.9. The number of nitrogens with zero attached hydrogens (tertiary/aromatic N) is 1. The zero-order valence-electron chi connectivity index (χ0n) is 9.19. The van der Waals surface area contributed by atoms with Crippen LogP contribution in [-0.2, 0) is 0 Å². The van der Waals surface area contributed by atoms with E-state index in [0.29, 0.717) is 22.4 Å².